The number of carbonyl (C=O) groups is 1. The second-order valence-corrected chi connectivity index (χ2v) is 10.9. The maximum absolute atomic E-state index is 12.9. The molecule has 162 valence electrons. The van der Waals surface area contributed by atoms with Crippen molar-refractivity contribution in [3.63, 3.8) is 0 Å². The van der Waals surface area contributed by atoms with Crippen LogP contribution in [0.5, 0.6) is 0 Å². The predicted octanol–water partition coefficient (Wildman–Crippen LogP) is 3.24. The summed E-state index contributed by atoms with van der Waals surface area (Å²) in [5.41, 5.74) is 0. The van der Waals surface area contributed by atoms with E-state index in [0.717, 1.165) is 19.5 Å². The van der Waals surface area contributed by atoms with Gasteiger partial charge in [-0.25, -0.2) is 8.42 Å². The molecule has 2 saturated heterocycles. The van der Waals surface area contributed by atoms with Gasteiger partial charge in [0.05, 0.1) is 10.0 Å². The Balaban J connectivity index is 1.52. The molecule has 9 heteroatoms. The van der Waals surface area contributed by atoms with Gasteiger partial charge in [-0.05, 0) is 57.7 Å². The molecule has 0 radical (unpaired) electrons. The van der Waals surface area contributed by atoms with Crippen LogP contribution in [0.15, 0.2) is 23.1 Å². The number of piperidine rings is 1. The molecule has 0 bridgehead atoms. The van der Waals surface area contributed by atoms with E-state index in [1.165, 1.54) is 16.4 Å². The monoisotopic (exact) mass is 461 g/mol. The Morgan fingerprint density at radius 2 is 1.76 bits per heavy atom. The summed E-state index contributed by atoms with van der Waals surface area (Å²) in [5, 5.41) is 3.31. The van der Waals surface area contributed by atoms with Crippen LogP contribution in [-0.2, 0) is 14.8 Å². The molecule has 1 aromatic carbocycles. The number of sulfonamides is 1. The fraction of sp³-hybridized carbons (Fsp3) is 0.650. The standard InChI is InChI=1S/C20H29Cl2N3O3S/c1-14(2)24-9-6-15(13-24)12-23-20(26)16-7-10-25(11-8-16)29(27,28)19-17(21)4-3-5-18(19)22/h3-5,14-16H,6-13H2,1-2H3,(H,23,26). The van der Waals surface area contributed by atoms with Gasteiger partial charge in [0.25, 0.3) is 0 Å². The number of benzene rings is 1. The van der Waals surface area contributed by atoms with Crippen molar-refractivity contribution >= 4 is 39.1 Å². The molecule has 0 aromatic heterocycles. The Kier molecular flexibility index (Phi) is 7.49. The lowest BCUT2D eigenvalue weighted by Crippen LogP contribution is -2.44. The molecule has 1 N–H and O–H groups in total. The van der Waals surface area contributed by atoms with Gasteiger partial charge in [-0.2, -0.15) is 4.31 Å². The smallest absolute Gasteiger partial charge is 0.246 e. The summed E-state index contributed by atoms with van der Waals surface area (Å²) in [5.74, 6) is 0.357. The lowest BCUT2D eigenvalue weighted by atomic mass is 9.97. The summed E-state index contributed by atoms with van der Waals surface area (Å²) in [7, 11) is -3.78. The largest absolute Gasteiger partial charge is 0.356 e. The minimum atomic E-state index is -3.78. The molecule has 1 aromatic rings. The molecule has 0 spiro atoms. The van der Waals surface area contributed by atoms with Crippen LogP contribution < -0.4 is 5.32 Å². The van der Waals surface area contributed by atoms with Gasteiger partial charge in [0.15, 0.2) is 0 Å². The van der Waals surface area contributed by atoms with Crippen molar-refractivity contribution in [2.24, 2.45) is 11.8 Å². The summed E-state index contributed by atoms with van der Waals surface area (Å²) >= 11 is 12.2. The van der Waals surface area contributed by atoms with Crippen molar-refractivity contribution in [3.05, 3.63) is 28.2 Å². The second kappa shape index (κ2) is 9.52. The Bertz CT molecular complexity index is 819. The fourth-order valence-electron chi connectivity index (χ4n) is 4.10. The number of hydrogen-bond donors (Lipinski definition) is 1. The minimum absolute atomic E-state index is 0.0285. The van der Waals surface area contributed by atoms with Gasteiger partial charge >= 0.3 is 0 Å². The van der Waals surface area contributed by atoms with Crippen molar-refractivity contribution in [2.75, 3.05) is 32.7 Å². The van der Waals surface area contributed by atoms with Gasteiger partial charge in [-0.15, -0.1) is 0 Å². The van der Waals surface area contributed by atoms with Crippen molar-refractivity contribution in [3.8, 4) is 0 Å². The Morgan fingerprint density at radius 3 is 2.31 bits per heavy atom. The van der Waals surface area contributed by atoms with Crippen LogP contribution in [0.3, 0.4) is 0 Å². The molecule has 1 unspecified atom stereocenters. The average molecular weight is 462 g/mol. The van der Waals surface area contributed by atoms with Crippen molar-refractivity contribution in [2.45, 2.75) is 44.0 Å². The van der Waals surface area contributed by atoms with E-state index in [0.29, 0.717) is 31.3 Å². The third kappa shape index (κ3) is 5.25. The van der Waals surface area contributed by atoms with E-state index in [1.807, 2.05) is 0 Å². The van der Waals surface area contributed by atoms with Crippen molar-refractivity contribution < 1.29 is 13.2 Å². The molecular formula is C20H29Cl2N3O3S. The van der Waals surface area contributed by atoms with E-state index in [9.17, 15) is 13.2 Å². The highest BCUT2D eigenvalue weighted by atomic mass is 35.5. The maximum atomic E-state index is 12.9. The third-order valence-electron chi connectivity index (χ3n) is 5.95. The Morgan fingerprint density at radius 1 is 1.14 bits per heavy atom. The zero-order valence-corrected chi connectivity index (χ0v) is 19.2. The number of hydrogen-bond acceptors (Lipinski definition) is 4. The summed E-state index contributed by atoms with van der Waals surface area (Å²) in [4.78, 5) is 14.9. The van der Waals surface area contributed by atoms with E-state index in [1.54, 1.807) is 6.07 Å². The first kappa shape index (κ1) is 22.8. The normalized spacial score (nSPS) is 22.3. The molecule has 6 nitrogen and oxygen atoms in total. The topological polar surface area (TPSA) is 69.7 Å². The molecule has 2 fully saturated rings. The number of rotatable bonds is 6. The Hall–Kier alpha value is -0.860. The fourth-order valence-corrected chi connectivity index (χ4v) is 6.67. The summed E-state index contributed by atoms with van der Waals surface area (Å²) in [6.45, 7) is 7.75. The lowest BCUT2D eigenvalue weighted by molar-refractivity contribution is -0.126. The van der Waals surface area contributed by atoms with Gasteiger partial charge in [-0.1, -0.05) is 29.3 Å². The quantitative estimate of drug-likeness (QED) is 0.705. The van der Waals surface area contributed by atoms with Gasteiger partial charge in [-0.3, -0.25) is 4.79 Å². The van der Waals surface area contributed by atoms with Gasteiger partial charge in [0.2, 0.25) is 15.9 Å². The molecule has 2 aliphatic heterocycles. The number of carbonyl (C=O) groups excluding carboxylic acids is 1. The zero-order valence-electron chi connectivity index (χ0n) is 16.9. The SMILES string of the molecule is CC(C)N1CCC(CNC(=O)C2CCN(S(=O)(=O)c3c(Cl)cccc3Cl)CC2)C1. The van der Waals surface area contributed by atoms with Crippen LogP contribution in [0.4, 0.5) is 0 Å². The van der Waals surface area contributed by atoms with Gasteiger partial charge in [0, 0.05) is 38.1 Å². The molecular weight excluding hydrogens is 433 g/mol. The molecule has 0 saturated carbocycles. The average Bonchev–Trinajstić information content (AvgIpc) is 3.15. The van der Waals surface area contributed by atoms with Crippen LogP contribution in [0.1, 0.15) is 33.1 Å². The van der Waals surface area contributed by atoms with E-state index in [4.69, 9.17) is 23.2 Å². The van der Waals surface area contributed by atoms with Gasteiger partial charge < -0.3 is 10.2 Å². The van der Waals surface area contributed by atoms with Crippen LogP contribution in [0.2, 0.25) is 10.0 Å². The van der Waals surface area contributed by atoms with E-state index in [-0.39, 0.29) is 39.9 Å². The third-order valence-corrected chi connectivity index (χ3v) is 8.81. The van der Waals surface area contributed by atoms with Crippen LogP contribution >= 0.6 is 23.2 Å². The summed E-state index contributed by atoms with van der Waals surface area (Å²) < 4.78 is 27.3. The molecule has 3 rings (SSSR count). The molecule has 1 atom stereocenters. The molecule has 2 heterocycles. The number of nitrogens with one attached hydrogen (secondary N) is 1. The molecule has 0 aliphatic carbocycles. The first-order valence-electron chi connectivity index (χ1n) is 10.2. The van der Waals surface area contributed by atoms with Crippen molar-refractivity contribution in [1.82, 2.24) is 14.5 Å². The highest BCUT2D eigenvalue weighted by Crippen LogP contribution is 2.33. The van der Waals surface area contributed by atoms with E-state index in [2.05, 4.69) is 24.1 Å². The molecule has 2 aliphatic rings. The van der Waals surface area contributed by atoms with Gasteiger partial charge in [0.1, 0.15) is 4.90 Å². The van der Waals surface area contributed by atoms with E-state index < -0.39 is 10.0 Å². The summed E-state index contributed by atoms with van der Waals surface area (Å²) in [6.07, 6.45) is 2.10. The van der Waals surface area contributed by atoms with Crippen molar-refractivity contribution in [1.29, 1.82) is 0 Å². The number of halogens is 2. The molecule has 29 heavy (non-hydrogen) atoms. The number of likely N-dealkylation sites (tertiary alicyclic amines) is 1. The maximum Gasteiger partial charge on any atom is 0.246 e. The number of amides is 1. The van der Waals surface area contributed by atoms with Crippen LogP contribution in [0.25, 0.3) is 0 Å². The highest BCUT2D eigenvalue weighted by Gasteiger charge is 2.34. The summed E-state index contributed by atoms with van der Waals surface area (Å²) in [6, 6.07) is 5.19. The highest BCUT2D eigenvalue weighted by molar-refractivity contribution is 7.89. The number of nitrogens with zero attached hydrogens (tertiary/aromatic N) is 2. The first-order valence-corrected chi connectivity index (χ1v) is 12.4. The Labute approximate surface area is 183 Å². The van der Waals surface area contributed by atoms with Crippen LogP contribution in [-0.4, -0.2) is 62.3 Å². The lowest BCUT2D eigenvalue weighted by Gasteiger charge is -2.31. The second-order valence-electron chi connectivity index (χ2n) is 8.22. The van der Waals surface area contributed by atoms with E-state index >= 15 is 0 Å². The first-order chi connectivity index (χ1) is 13.7. The molecule has 1 amide bonds. The van der Waals surface area contributed by atoms with Crippen LogP contribution in [0, 0.1) is 11.8 Å². The zero-order chi connectivity index (χ0) is 21.2. The minimum Gasteiger partial charge on any atom is -0.356 e. The predicted molar refractivity (Wildman–Crippen MR) is 116 cm³/mol.